The molecule has 0 unspecified atom stereocenters. The van der Waals surface area contributed by atoms with Crippen molar-refractivity contribution in [1.82, 2.24) is 29.7 Å². The first-order chi connectivity index (χ1) is 12.9. The number of nitrogens with zero attached hydrogens (tertiary/aromatic N) is 6. The van der Waals surface area contributed by atoms with Crippen LogP contribution in [-0.2, 0) is 13.5 Å². The van der Waals surface area contributed by atoms with Crippen LogP contribution in [0.3, 0.4) is 0 Å². The van der Waals surface area contributed by atoms with E-state index in [1.807, 2.05) is 35.7 Å². The maximum atomic E-state index is 12.4. The minimum atomic E-state index is -0.00871. The van der Waals surface area contributed by atoms with Crippen molar-refractivity contribution >= 4 is 11.8 Å². The van der Waals surface area contributed by atoms with E-state index in [1.165, 1.54) is 0 Å². The van der Waals surface area contributed by atoms with Crippen LogP contribution in [0.5, 0.6) is 0 Å². The molecule has 2 aromatic heterocycles. The number of amides is 2. The van der Waals surface area contributed by atoms with Crippen molar-refractivity contribution in [3.05, 3.63) is 35.8 Å². The van der Waals surface area contributed by atoms with E-state index in [2.05, 4.69) is 34.0 Å². The van der Waals surface area contributed by atoms with Gasteiger partial charge in [0.2, 0.25) is 0 Å². The van der Waals surface area contributed by atoms with Crippen molar-refractivity contribution in [2.75, 3.05) is 37.6 Å². The molecular weight excluding hydrogens is 342 g/mol. The molecule has 146 valence electrons. The summed E-state index contributed by atoms with van der Waals surface area (Å²) < 4.78 is 1.97. The van der Waals surface area contributed by atoms with Gasteiger partial charge in [-0.25, -0.2) is 19.7 Å². The van der Waals surface area contributed by atoms with E-state index < -0.39 is 0 Å². The molecule has 0 bridgehead atoms. The van der Waals surface area contributed by atoms with Crippen LogP contribution in [-0.4, -0.2) is 63.2 Å². The van der Waals surface area contributed by atoms with E-state index in [4.69, 9.17) is 4.98 Å². The second kappa shape index (κ2) is 8.37. The van der Waals surface area contributed by atoms with E-state index in [1.54, 1.807) is 6.20 Å². The fourth-order valence-corrected chi connectivity index (χ4v) is 3.16. The third-order valence-corrected chi connectivity index (χ3v) is 4.81. The molecule has 3 heterocycles. The number of carbonyl (C=O) groups excluding carboxylic acids is 1. The summed E-state index contributed by atoms with van der Waals surface area (Å²) in [4.78, 5) is 30.0. The summed E-state index contributed by atoms with van der Waals surface area (Å²) >= 11 is 0. The summed E-state index contributed by atoms with van der Waals surface area (Å²) in [6.07, 6.45) is 4.42. The molecule has 2 aromatic rings. The molecule has 1 saturated heterocycles. The Morgan fingerprint density at radius 2 is 1.96 bits per heavy atom. The first-order valence-corrected chi connectivity index (χ1v) is 9.53. The van der Waals surface area contributed by atoms with Crippen molar-refractivity contribution < 1.29 is 4.79 Å². The smallest absolute Gasteiger partial charge is 0.317 e. The Kier molecular flexibility index (Phi) is 5.93. The summed E-state index contributed by atoms with van der Waals surface area (Å²) in [7, 11) is 1.96. The largest absolute Gasteiger partial charge is 0.353 e. The van der Waals surface area contributed by atoms with Crippen LogP contribution in [0.1, 0.15) is 37.1 Å². The Hall–Kier alpha value is -2.64. The van der Waals surface area contributed by atoms with Gasteiger partial charge >= 0.3 is 6.03 Å². The van der Waals surface area contributed by atoms with Gasteiger partial charge in [-0.15, -0.1) is 0 Å². The maximum Gasteiger partial charge on any atom is 0.317 e. The highest BCUT2D eigenvalue weighted by molar-refractivity contribution is 5.74. The SMILES string of the molecule is Cc1cc(N2CCN(C(=O)NCCc3nccn3C)CC2)nc(C(C)C)n1. The third kappa shape index (κ3) is 4.75. The highest BCUT2D eigenvalue weighted by Crippen LogP contribution is 2.18. The van der Waals surface area contributed by atoms with Gasteiger partial charge < -0.3 is 19.7 Å². The van der Waals surface area contributed by atoms with E-state index in [0.717, 1.165) is 42.7 Å². The van der Waals surface area contributed by atoms with Crippen LogP contribution in [0.15, 0.2) is 18.5 Å². The van der Waals surface area contributed by atoms with Crippen molar-refractivity contribution in [2.45, 2.75) is 33.1 Å². The second-order valence-electron chi connectivity index (χ2n) is 7.29. The van der Waals surface area contributed by atoms with Gasteiger partial charge in [0.25, 0.3) is 0 Å². The first kappa shape index (κ1) is 19.1. The molecule has 0 saturated carbocycles. The molecule has 3 rings (SSSR count). The number of hydrogen-bond donors (Lipinski definition) is 1. The van der Waals surface area contributed by atoms with Crippen molar-refractivity contribution in [1.29, 1.82) is 0 Å². The topological polar surface area (TPSA) is 79.2 Å². The summed E-state index contributed by atoms with van der Waals surface area (Å²) in [5.41, 5.74) is 0.984. The zero-order valence-electron chi connectivity index (χ0n) is 16.6. The van der Waals surface area contributed by atoms with Gasteiger partial charge in [-0.3, -0.25) is 0 Å². The summed E-state index contributed by atoms with van der Waals surface area (Å²) in [6.45, 7) is 9.73. The van der Waals surface area contributed by atoms with Gasteiger partial charge in [0.05, 0.1) is 0 Å². The number of carbonyl (C=O) groups is 1. The monoisotopic (exact) mass is 371 g/mol. The summed E-state index contributed by atoms with van der Waals surface area (Å²) in [5.74, 6) is 3.11. The molecule has 0 atom stereocenters. The van der Waals surface area contributed by atoms with E-state index in [0.29, 0.717) is 25.6 Å². The summed E-state index contributed by atoms with van der Waals surface area (Å²) in [6, 6.07) is 2.01. The number of piperazine rings is 1. The Labute approximate surface area is 160 Å². The fourth-order valence-electron chi connectivity index (χ4n) is 3.16. The van der Waals surface area contributed by atoms with Gasteiger partial charge in [-0.2, -0.15) is 0 Å². The highest BCUT2D eigenvalue weighted by atomic mass is 16.2. The summed E-state index contributed by atoms with van der Waals surface area (Å²) in [5, 5.41) is 3.00. The van der Waals surface area contributed by atoms with Crippen LogP contribution in [0.25, 0.3) is 0 Å². The number of imidazole rings is 1. The predicted octanol–water partition coefficient (Wildman–Crippen LogP) is 1.72. The molecule has 2 amide bonds. The van der Waals surface area contributed by atoms with Crippen molar-refractivity contribution in [2.24, 2.45) is 7.05 Å². The van der Waals surface area contributed by atoms with E-state index in [-0.39, 0.29) is 6.03 Å². The number of rotatable bonds is 5. The number of urea groups is 1. The molecule has 27 heavy (non-hydrogen) atoms. The van der Waals surface area contributed by atoms with Gasteiger partial charge in [0, 0.05) is 76.3 Å². The van der Waals surface area contributed by atoms with Gasteiger partial charge in [0.1, 0.15) is 17.5 Å². The molecule has 0 aromatic carbocycles. The molecule has 1 fully saturated rings. The quantitative estimate of drug-likeness (QED) is 0.866. The minimum absolute atomic E-state index is 0.00871. The average molecular weight is 371 g/mol. The molecular formula is C19H29N7O. The Bertz CT molecular complexity index is 778. The lowest BCUT2D eigenvalue weighted by molar-refractivity contribution is 0.194. The number of hydrogen-bond acceptors (Lipinski definition) is 5. The van der Waals surface area contributed by atoms with Crippen LogP contribution >= 0.6 is 0 Å². The standard InChI is InChI=1S/C19H29N7O/c1-14(2)18-22-15(3)13-17(23-18)25-9-11-26(12-10-25)19(27)21-6-5-16-20-7-8-24(16)4/h7-8,13-14H,5-6,9-12H2,1-4H3,(H,21,27). The number of aryl methyl sites for hydroxylation is 2. The lowest BCUT2D eigenvalue weighted by Gasteiger charge is -2.35. The first-order valence-electron chi connectivity index (χ1n) is 9.53. The molecule has 0 radical (unpaired) electrons. The molecule has 8 heteroatoms. The lowest BCUT2D eigenvalue weighted by atomic mass is 10.2. The Morgan fingerprint density at radius 3 is 2.59 bits per heavy atom. The third-order valence-electron chi connectivity index (χ3n) is 4.81. The van der Waals surface area contributed by atoms with Crippen LogP contribution in [0.2, 0.25) is 0 Å². The Morgan fingerprint density at radius 1 is 1.22 bits per heavy atom. The zero-order chi connectivity index (χ0) is 19.4. The van der Waals surface area contributed by atoms with Crippen molar-refractivity contribution in [3.8, 4) is 0 Å². The molecule has 1 N–H and O–H groups in total. The number of nitrogens with one attached hydrogen (secondary N) is 1. The van der Waals surface area contributed by atoms with Gasteiger partial charge in [-0.05, 0) is 6.92 Å². The molecule has 0 aliphatic carbocycles. The predicted molar refractivity (Wildman–Crippen MR) is 105 cm³/mol. The highest BCUT2D eigenvalue weighted by Gasteiger charge is 2.22. The van der Waals surface area contributed by atoms with E-state index in [9.17, 15) is 4.79 Å². The minimum Gasteiger partial charge on any atom is -0.353 e. The normalized spacial score (nSPS) is 14.7. The number of aromatic nitrogens is 4. The molecule has 1 aliphatic heterocycles. The van der Waals surface area contributed by atoms with Gasteiger partial charge in [0.15, 0.2) is 0 Å². The van der Waals surface area contributed by atoms with Crippen LogP contribution in [0, 0.1) is 6.92 Å². The second-order valence-corrected chi connectivity index (χ2v) is 7.29. The zero-order valence-corrected chi connectivity index (χ0v) is 16.6. The van der Waals surface area contributed by atoms with Crippen molar-refractivity contribution in [3.63, 3.8) is 0 Å². The molecule has 0 spiro atoms. The fraction of sp³-hybridized carbons (Fsp3) is 0.579. The number of anilines is 1. The molecule has 8 nitrogen and oxygen atoms in total. The maximum absolute atomic E-state index is 12.4. The van der Waals surface area contributed by atoms with E-state index >= 15 is 0 Å². The van der Waals surface area contributed by atoms with Gasteiger partial charge in [-0.1, -0.05) is 13.8 Å². The Balaban J connectivity index is 1.50. The molecule has 1 aliphatic rings. The lowest BCUT2D eigenvalue weighted by Crippen LogP contribution is -2.52. The van der Waals surface area contributed by atoms with Crippen LogP contribution in [0.4, 0.5) is 10.6 Å². The van der Waals surface area contributed by atoms with Crippen LogP contribution < -0.4 is 10.2 Å². The average Bonchev–Trinajstić information content (AvgIpc) is 3.06.